The molecule has 2 aromatic rings. The summed E-state index contributed by atoms with van der Waals surface area (Å²) in [6.07, 6.45) is 1.36. The summed E-state index contributed by atoms with van der Waals surface area (Å²) in [4.78, 5) is 38.4. The van der Waals surface area contributed by atoms with E-state index in [1.54, 1.807) is 12.1 Å². The highest BCUT2D eigenvalue weighted by atomic mass is 35.5. The maximum absolute atomic E-state index is 12.4. The highest BCUT2D eigenvalue weighted by Crippen LogP contribution is 2.37. The predicted molar refractivity (Wildman–Crippen MR) is 119 cm³/mol. The van der Waals surface area contributed by atoms with E-state index in [4.69, 9.17) is 25.8 Å². The molecular weight excluding hydrogens is 436 g/mol. The monoisotopic (exact) mass is 458 g/mol. The summed E-state index contributed by atoms with van der Waals surface area (Å²) in [6, 6.07) is 10.1. The van der Waals surface area contributed by atoms with Crippen LogP contribution in [0.15, 0.2) is 42.0 Å². The first-order valence-electron chi connectivity index (χ1n) is 9.74. The molecule has 1 saturated heterocycles. The zero-order valence-electron chi connectivity index (χ0n) is 18.2. The van der Waals surface area contributed by atoms with Crippen molar-refractivity contribution >= 4 is 35.5 Å². The molecule has 0 N–H and O–H groups in total. The van der Waals surface area contributed by atoms with Gasteiger partial charge in [0.2, 0.25) is 0 Å². The number of hydrogen-bond donors (Lipinski definition) is 0. The Hall–Kier alpha value is -3.52. The lowest BCUT2D eigenvalue weighted by atomic mass is 10.1. The van der Waals surface area contributed by atoms with Gasteiger partial charge in [-0.2, -0.15) is 0 Å². The van der Waals surface area contributed by atoms with Crippen molar-refractivity contribution in [3.8, 4) is 17.2 Å². The number of halogens is 1. The first-order chi connectivity index (χ1) is 15.2. The van der Waals surface area contributed by atoms with E-state index in [2.05, 4.69) is 0 Å². The Morgan fingerprint density at radius 1 is 0.969 bits per heavy atom. The average Bonchev–Trinajstić information content (AvgIpc) is 2.77. The van der Waals surface area contributed by atoms with E-state index in [9.17, 15) is 14.4 Å². The van der Waals surface area contributed by atoms with Crippen molar-refractivity contribution in [2.24, 2.45) is 0 Å². The molecule has 1 heterocycles. The SMILES string of the molecule is COc1cc(C=C2C(=O)N(C)C(=O)N(C)C2=O)cc(Cl)c1OCCOc1cccc(C)c1. The van der Waals surface area contributed by atoms with Gasteiger partial charge in [-0.25, -0.2) is 4.79 Å². The molecule has 8 nitrogen and oxygen atoms in total. The lowest BCUT2D eigenvalue weighted by Crippen LogP contribution is -2.52. The normalized spacial score (nSPS) is 14.0. The summed E-state index contributed by atoms with van der Waals surface area (Å²) in [6.45, 7) is 2.50. The fourth-order valence-corrected chi connectivity index (χ4v) is 3.39. The molecule has 0 radical (unpaired) electrons. The Morgan fingerprint density at radius 3 is 2.25 bits per heavy atom. The van der Waals surface area contributed by atoms with Crippen molar-refractivity contribution in [1.82, 2.24) is 9.80 Å². The van der Waals surface area contributed by atoms with Gasteiger partial charge in [0, 0.05) is 14.1 Å². The third-order valence-electron chi connectivity index (χ3n) is 4.79. The van der Waals surface area contributed by atoms with Crippen LogP contribution in [-0.4, -0.2) is 62.1 Å². The number of urea groups is 1. The molecule has 2 aromatic carbocycles. The van der Waals surface area contributed by atoms with Gasteiger partial charge in [-0.15, -0.1) is 0 Å². The van der Waals surface area contributed by atoms with Gasteiger partial charge < -0.3 is 14.2 Å². The molecule has 0 saturated carbocycles. The summed E-state index contributed by atoms with van der Waals surface area (Å²) in [7, 11) is 4.07. The first-order valence-corrected chi connectivity index (χ1v) is 10.1. The molecule has 0 aliphatic carbocycles. The van der Waals surface area contributed by atoms with Gasteiger partial charge in [0.25, 0.3) is 11.8 Å². The fourth-order valence-electron chi connectivity index (χ4n) is 3.11. The molecule has 3 rings (SSSR count). The van der Waals surface area contributed by atoms with E-state index in [0.29, 0.717) is 23.7 Å². The number of benzene rings is 2. The molecule has 0 atom stereocenters. The van der Waals surface area contributed by atoms with Crippen LogP contribution in [0.25, 0.3) is 6.08 Å². The minimum atomic E-state index is -0.693. The van der Waals surface area contributed by atoms with Gasteiger partial charge in [-0.05, 0) is 48.4 Å². The number of carbonyl (C=O) groups is 3. The number of barbiturate groups is 1. The molecule has 1 aliphatic heterocycles. The first kappa shape index (κ1) is 23.1. The third kappa shape index (κ3) is 4.86. The number of nitrogens with zero attached hydrogens (tertiary/aromatic N) is 2. The maximum atomic E-state index is 12.4. The molecule has 0 unspecified atom stereocenters. The van der Waals surface area contributed by atoms with Crippen molar-refractivity contribution < 1.29 is 28.6 Å². The minimum Gasteiger partial charge on any atom is -0.493 e. The Labute approximate surface area is 190 Å². The number of rotatable bonds is 7. The minimum absolute atomic E-state index is 0.159. The van der Waals surface area contributed by atoms with E-state index in [-0.39, 0.29) is 17.2 Å². The van der Waals surface area contributed by atoms with Crippen LogP contribution in [0.5, 0.6) is 17.2 Å². The van der Waals surface area contributed by atoms with Crippen LogP contribution in [-0.2, 0) is 9.59 Å². The van der Waals surface area contributed by atoms with E-state index in [0.717, 1.165) is 21.1 Å². The van der Waals surface area contributed by atoms with Gasteiger partial charge in [0.05, 0.1) is 12.1 Å². The smallest absolute Gasteiger partial charge is 0.333 e. The summed E-state index contributed by atoms with van der Waals surface area (Å²) < 4.78 is 16.8. The Morgan fingerprint density at radius 2 is 1.62 bits per heavy atom. The van der Waals surface area contributed by atoms with Gasteiger partial charge >= 0.3 is 6.03 Å². The fraction of sp³-hybridized carbons (Fsp3) is 0.261. The van der Waals surface area contributed by atoms with Crippen LogP contribution in [0.3, 0.4) is 0 Å². The van der Waals surface area contributed by atoms with Crippen LogP contribution in [0.1, 0.15) is 11.1 Å². The van der Waals surface area contributed by atoms with Crippen LogP contribution in [0.2, 0.25) is 5.02 Å². The molecular formula is C23H23ClN2O6. The molecule has 9 heteroatoms. The largest absolute Gasteiger partial charge is 0.493 e. The second-order valence-corrected chi connectivity index (χ2v) is 7.52. The molecule has 0 aromatic heterocycles. The van der Waals surface area contributed by atoms with E-state index in [1.807, 2.05) is 31.2 Å². The maximum Gasteiger partial charge on any atom is 0.333 e. The van der Waals surface area contributed by atoms with Crippen molar-refractivity contribution in [3.63, 3.8) is 0 Å². The molecule has 168 valence electrons. The number of imide groups is 2. The number of carbonyl (C=O) groups excluding carboxylic acids is 3. The topological polar surface area (TPSA) is 85.4 Å². The summed E-state index contributed by atoms with van der Waals surface area (Å²) in [5.74, 6) is -0.00392. The molecule has 32 heavy (non-hydrogen) atoms. The summed E-state index contributed by atoms with van der Waals surface area (Å²) in [5.41, 5.74) is 1.38. The lowest BCUT2D eigenvalue weighted by Gasteiger charge is -2.28. The number of likely N-dealkylation sites (N-methyl/N-ethyl adjacent to an activating group) is 2. The molecule has 0 spiro atoms. The number of ether oxygens (including phenoxy) is 3. The Kier molecular flexibility index (Phi) is 7.05. The van der Waals surface area contributed by atoms with E-state index in [1.165, 1.54) is 27.3 Å². The molecule has 1 fully saturated rings. The Balaban J connectivity index is 1.76. The number of methoxy groups -OCH3 is 1. The molecule has 0 bridgehead atoms. The third-order valence-corrected chi connectivity index (χ3v) is 5.08. The quantitative estimate of drug-likeness (QED) is 0.358. The highest BCUT2D eigenvalue weighted by Gasteiger charge is 2.37. The van der Waals surface area contributed by atoms with E-state index < -0.39 is 17.8 Å². The number of amides is 4. The number of hydrogen-bond acceptors (Lipinski definition) is 6. The van der Waals surface area contributed by atoms with Gasteiger partial charge in [-0.1, -0.05) is 23.7 Å². The van der Waals surface area contributed by atoms with Crippen LogP contribution >= 0.6 is 11.6 Å². The Bertz CT molecular complexity index is 1070. The zero-order chi connectivity index (χ0) is 23.4. The highest BCUT2D eigenvalue weighted by molar-refractivity contribution is 6.33. The van der Waals surface area contributed by atoms with Crippen molar-refractivity contribution in [2.45, 2.75) is 6.92 Å². The van der Waals surface area contributed by atoms with Crippen molar-refractivity contribution in [2.75, 3.05) is 34.4 Å². The summed E-state index contributed by atoms with van der Waals surface area (Å²) >= 11 is 6.38. The van der Waals surface area contributed by atoms with Crippen molar-refractivity contribution in [1.29, 1.82) is 0 Å². The van der Waals surface area contributed by atoms with E-state index >= 15 is 0 Å². The average molecular weight is 459 g/mol. The second kappa shape index (κ2) is 9.74. The standard InChI is InChI=1S/C23H23ClN2O6/c1-14-6-5-7-16(10-14)31-8-9-32-20-18(24)12-15(13-19(20)30-4)11-17-21(27)25(2)23(29)26(3)22(17)28/h5-7,10-13H,8-9H2,1-4H3. The van der Waals surface area contributed by atoms with Crippen LogP contribution in [0.4, 0.5) is 4.79 Å². The zero-order valence-corrected chi connectivity index (χ0v) is 18.9. The van der Waals surface area contributed by atoms with Crippen LogP contribution in [0, 0.1) is 6.92 Å². The predicted octanol–water partition coefficient (Wildman–Crippen LogP) is 3.55. The van der Waals surface area contributed by atoms with Gasteiger partial charge in [-0.3, -0.25) is 19.4 Å². The second-order valence-electron chi connectivity index (χ2n) is 7.12. The van der Waals surface area contributed by atoms with Crippen LogP contribution < -0.4 is 14.2 Å². The van der Waals surface area contributed by atoms with Crippen molar-refractivity contribution in [3.05, 3.63) is 58.1 Å². The number of aryl methyl sites for hydroxylation is 1. The molecule has 4 amide bonds. The summed E-state index contributed by atoms with van der Waals surface area (Å²) in [5, 5.41) is 0.236. The molecule has 1 aliphatic rings. The lowest BCUT2D eigenvalue weighted by molar-refractivity contribution is -0.134. The van der Waals surface area contributed by atoms with Gasteiger partial charge in [0.1, 0.15) is 24.5 Å². The van der Waals surface area contributed by atoms with Gasteiger partial charge in [0.15, 0.2) is 11.5 Å².